The van der Waals surface area contributed by atoms with Crippen molar-refractivity contribution in [2.24, 2.45) is 0 Å². The molecule has 1 amide bonds. The number of hydrazine groups is 1. The second-order valence-electron chi connectivity index (χ2n) is 4.81. The number of nitrogens with one attached hydrogen (secondary N) is 2. The summed E-state index contributed by atoms with van der Waals surface area (Å²) in [6.45, 7) is 1.49. The Morgan fingerprint density at radius 2 is 1.75 bits per heavy atom. The molecule has 0 aliphatic carbocycles. The molecule has 0 radical (unpaired) electrons. The lowest BCUT2D eigenvalue weighted by Crippen LogP contribution is -2.43. The van der Waals surface area contributed by atoms with Crippen molar-refractivity contribution in [3.63, 3.8) is 0 Å². The molecule has 6 nitrogen and oxygen atoms in total. The summed E-state index contributed by atoms with van der Waals surface area (Å²) < 4.78 is 29.5. The molecule has 0 saturated heterocycles. The summed E-state index contributed by atoms with van der Waals surface area (Å²) in [6.07, 6.45) is 0. The SMILES string of the molecule is Cc1ccccc1OCC(=O)NNS(=O)(=O)c1cc(Cl)cc(Cl)c1. The van der Waals surface area contributed by atoms with Crippen molar-refractivity contribution in [3.05, 3.63) is 58.1 Å². The lowest BCUT2D eigenvalue weighted by Gasteiger charge is -2.11. The van der Waals surface area contributed by atoms with Crippen molar-refractivity contribution in [3.8, 4) is 5.75 Å². The second-order valence-corrected chi connectivity index (χ2v) is 7.37. The number of halogens is 2. The molecule has 0 atom stereocenters. The molecule has 2 aromatic rings. The standard InChI is InChI=1S/C15H14Cl2N2O4S/c1-10-4-2-3-5-14(10)23-9-15(20)18-19-24(21,22)13-7-11(16)6-12(17)8-13/h2-8,19H,9H2,1H3,(H,18,20). The van der Waals surface area contributed by atoms with Crippen molar-refractivity contribution < 1.29 is 17.9 Å². The van der Waals surface area contributed by atoms with E-state index in [1.165, 1.54) is 18.2 Å². The van der Waals surface area contributed by atoms with Gasteiger partial charge < -0.3 is 4.74 Å². The smallest absolute Gasteiger partial charge is 0.272 e. The number of hydrogen-bond donors (Lipinski definition) is 2. The molecule has 0 unspecified atom stereocenters. The van der Waals surface area contributed by atoms with Gasteiger partial charge in [0, 0.05) is 10.0 Å². The molecule has 2 rings (SSSR count). The molecule has 9 heteroatoms. The third-order valence-electron chi connectivity index (χ3n) is 2.92. The Bertz CT molecular complexity index is 836. The fourth-order valence-corrected chi connectivity index (χ4v) is 3.35. The Morgan fingerprint density at radius 3 is 2.38 bits per heavy atom. The summed E-state index contributed by atoms with van der Waals surface area (Å²) in [5.74, 6) is -0.118. The van der Waals surface area contributed by atoms with Gasteiger partial charge >= 0.3 is 0 Å². The van der Waals surface area contributed by atoms with Crippen LogP contribution in [0.2, 0.25) is 10.0 Å². The van der Waals surface area contributed by atoms with Crippen LogP contribution in [0.1, 0.15) is 5.56 Å². The summed E-state index contributed by atoms with van der Waals surface area (Å²) in [5, 5.41) is 0.328. The van der Waals surface area contributed by atoms with Gasteiger partial charge in [-0.25, -0.2) is 8.42 Å². The Balaban J connectivity index is 1.94. The number of para-hydroxylation sites is 1. The number of benzene rings is 2. The first-order chi connectivity index (χ1) is 11.3. The zero-order valence-corrected chi connectivity index (χ0v) is 14.9. The molecule has 0 aliphatic rings. The van der Waals surface area contributed by atoms with Crippen molar-refractivity contribution in [2.75, 3.05) is 6.61 Å². The molecule has 0 aliphatic heterocycles. The fourth-order valence-electron chi connectivity index (χ4n) is 1.76. The Morgan fingerprint density at radius 1 is 1.12 bits per heavy atom. The summed E-state index contributed by atoms with van der Waals surface area (Å²) >= 11 is 11.5. The van der Waals surface area contributed by atoms with Crippen molar-refractivity contribution in [1.29, 1.82) is 0 Å². The van der Waals surface area contributed by atoms with Gasteiger partial charge in [0.1, 0.15) is 5.75 Å². The molecule has 0 aromatic heterocycles. The molecule has 0 fully saturated rings. The van der Waals surface area contributed by atoms with E-state index >= 15 is 0 Å². The molecular formula is C15H14Cl2N2O4S. The number of amides is 1. The van der Waals surface area contributed by atoms with Crippen LogP contribution in [0.4, 0.5) is 0 Å². The van der Waals surface area contributed by atoms with Gasteiger partial charge in [0.05, 0.1) is 4.90 Å². The van der Waals surface area contributed by atoms with Crippen LogP contribution in [0.5, 0.6) is 5.75 Å². The number of sulfonamides is 1. The maximum Gasteiger partial charge on any atom is 0.272 e. The van der Waals surface area contributed by atoms with E-state index in [4.69, 9.17) is 27.9 Å². The van der Waals surface area contributed by atoms with E-state index in [1.807, 2.05) is 23.9 Å². The van der Waals surface area contributed by atoms with Gasteiger partial charge in [-0.15, -0.1) is 4.83 Å². The van der Waals surface area contributed by atoms with Gasteiger partial charge in [-0.1, -0.05) is 41.4 Å². The Labute approximate surface area is 149 Å². The molecular weight excluding hydrogens is 375 g/mol. The minimum absolute atomic E-state index is 0.164. The number of carbonyl (C=O) groups excluding carboxylic acids is 1. The summed E-state index contributed by atoms with van der Waals surface area (Å²) in [6, 6.07) is 11.0. The molecule has 2 N–H and O–H groups in total. The van der Waals surface area contributed by atoms with E-state index in [-0.39, 0.29) is 21.5 Å². The van der Waals surface area contributed by atoms with Crippen LogP contribution in [0.15, 0.2) is 47.4 Å². The number of hydrogen-bond acceptors (Lipinski definition) is 4. The number of rotatable bonds is 6. The highest BCUT2D eigenvalue weighted by Crippen LogP contribution is 2.22. The zero-order valence-electron chi connectivity index (χ0n) is 12.5. The molecule has 128 valence electrons. The van der Waals surface area contributed by atoms with Crippen LogP contribution < -0.4 is 15.0 Å². The number of carbonyl (C=O) groups is 1. The van der Waals surface area contributed by atoms with Crippen LogP contribution in [-0.4, -0.2) is 20.9 Å². The topological polar surface area (TPSA) is 84.5 Å². The van der Waals surface area contributed by atoms with Gasteiger partial charge in [0.25, 0.3) is 15.9 Å². The first-order valence-electron chi connectivity index (χ1n) is 6.73. The van der Waals surface area contributed by atoms with Gasteiger partial charge in [-0.2, -0.15) is 0 Å². The average Bonchev–Trinajstić information content (AvgIpc) is 2.51. The number of aryl methyl sites for hydroxylation is 1. The van der Waals surface area contributed by atoms with Gasteiger partial charge in [0.2, 0.25) is 0 Å². The minimum Gasteiger partial charge on any atom is -0.483 e. The molecule has 0 saturated carbocycles. The highest BCUT2D eigenvalue weighted by atomic mass is 35.5. The fraction of sp³-hybridized carbons (Fsp3) is 0.133. The van der Waals surface area contributed by atoms with Crippen LogP contribution in [0.25, 0.3) is 0 Å². The Hall–Kier alpha value is -1.80. The number of ether oxygens (including phenoxy) is 1. The average molecular weight is 389 g/mol. The molecule has 0 heterocycles. The van der Waals surface area contributed by atoms with E-state index in [2.05, 4.69) is 5.43 Å². The van der Waals surface area contributed by atoms with Gasteiger partial charge in [-0.05, 0) is 36.8 Å². The van der Waals surface area contributed by atoms with Crippen molar-refractivity contribution >= 4 is 39.1 Å². The first kappa shape index (κ1) is 18.5. The largest absolute Gasteiger partial charge is 0.483 e. The predicted octanol–water partition coefficient (Wildman–Crippen LogP) is 2.69. The first-order valence-corrected chi connectivity index (χ1v) is 8.97. The third-order valence-corrected chi connectivity index (χ3v) is 4.59. The van der Waals surface area contributed by atoms with Crippen LogP contribution in [-0.2, 0) is 14.8 Å². The molecule has 0 spiro atoms. The monoisotopic (exact) mass is 388 g/mol. The summed E-state index contributed by atoms with van der Waals surface area (Å²) in [5.41, 5.74) is 2.92. The maximum atomic E-state index is 12.1. The molecule has 0 bridgehead atoms. The zero-order chi connectivity index (χ0) is 17.7. The summed E-state index contributed by atoms with van der Waals surface area (Å²) in [4.78, 5) is 13.5. The lowest BCUT2D eigenvalue weighted by atomic mass is 10.2. The van der Waals surface area contributed by atoms with E-state index in [0.29, 0.717) is 5.75 Å². The van der Waals surface area contributed by atoms with Crippen LogP contribution >= 0.6 is 23.2 Å². The van der Waals surface area contributed by atoms with Crippen molar-refractivity contribution in [1.82, 2.24) is 10.3 Å². The lowest BCUT2D eigenvalue weighted by molar-refractivity contribution is -0.123. The quantitative estimate of drug-likeness (QED) is 0.744. The highest BCUT2D eigenvalue weighted by molar-refractivity contribution is 7.89. The summed E-state index contributed by atoms with van der Waals surface area (Å²) in [7, 11) is -4.00. The predicted molar refractivity (Wildman–Crippen MR) is 91.6 cm³/mol. The van der Waals surface area contributed by atoms with E-state index in [1.54, 1.807) is 12.1 Å². The van der Waals surface area contributed by atoms with E-state index < -0.39 is 15.9 Å². The van der Waals surface area contributed by atoms with Crippen LogP contribution in [0, 0.1) is 6.92 Å². The van der Waals surface area contributed by atoms with Gasteiger partial charge in [-0.3, -0.25) is 10.2 Å². The molecule has 24 heavy (non-hydrogen) atoms. The van der Waals surface area contributed by atoms with Gasteiger partial charge in [0.15, 0.2) is 6.61 Å². The Kier molecular flexibility index (Phi) is 6.06. The third kappa shape index (κ3) is 5.10. The normalized spacial score (nSPS) is 11.1. The van der Waals surface area contributed by atoms with Crippen molar-refractivity contribution in [2.45, 2.75) is 11.8 Å². The minimum atomic E-state index is -4.00. The maximum absolute atomic E-state index is 12.1. The van der Waals surface area contributed by atoms with Crippen LogP contribution in [0.3, 0.4) is 0 Å². The molecule has 2 aromatic carbocycles. The highest BCUT2D eigenvalue weighted by Gasteiger charge is 2.17. The van der Waals surface area contributed by atoms with E-state index in [0.717, 1.165) is 5.56 Å². The second kappa shape index (κ2) is 7.85. The van der Waals surface area contributed by atoms with E-state index in [9.17, 15) is 13.2 Å².